The van der Waals surface area contributed by atoms with Gasteiger partial charge in [0.05, 0.1) is 13.5 Å². The Bertz CT molecular complexity index is 1030. The van der Waals surface area contributed by atoms with Gasteiger partial charge in [-0.1, -0.05) is 54.6 Å². The molecular formula is C24H24N2O7. The van der Waals surface area contributed by atoms with E-state index in [4.69, 9.17) is 9.84 Å². The van der Waals surface area contributed by atoms with Crippen molar-refractivity contribution in [2.45, 2.75) is 18.4 Å². The number of carboxylic acid groups (broad SMARTS) is 1. The molecule has 0 saturated carbocycles. The molecule has 9 nitrogen and oxygen atoms in total. The highest BCUT2D eigenvalue weighted by molar-refractivity contribution is 5.92. The number of carbonyl (C=O) groups is 4. The number of hydrogen-bond acceptors (Lipinski definition) is 6. The molecule has 0 spiro atoms. The molecule has 33 heavy (non-hydrogen) atoms. The molecule has 0 heterocycles. The van der Waals surface area contributed by atoms with Crippen molar-refractivity contribution in [3.8, 4) is 11.1 Å². The summed E-state index contributed by atoms with van der Waals surface area (Å²) >= 11 is 0. The molecule has 0 bridgehead atoms. The molecule has 0 radical (unpaired) electrons. The van der Waals surface area contributed by atoms with Gasteiger partial charge >= 0.3 is 18.0 Å². The van der Waals surface area contributed by atoms with Gasteiger partial charge in [-0.15, -0.1) is 0 Å². The van der Waals surface area contributed by atoms with Gasteiger partial charge in [0.25, 0.3) is 0 Å². The number of benzene rings is 2. The third-order valence-electron chi connectivity index (χ3n) is 5.19. The standard InChI is InChI=1S/C24H24N2O7/c1-32-22(28)13-20(23(29)30)26-21(27)11-6-12-25-24(31)33-14-19-17-9-4-2-7-15(17)16-8-3-5-10-18(16)19/h2-11,19-20H,12-14H2,1H3,(H,25,31)(H,26,27)(H,29,30)/b11-6+/t20-/m0/s1. The van der Waals surface area contributed by atoms with Crippen molar-refractivity contribution in [3.05, 3.63) is 71.8 Å². The summed E-state index contributed by atoms with van der Waals surface area (Å²) in [5.74, 6) is -2.91. The fourth-order valence-corrected chi connectivity index (χ4v) is 3.63. The van der Waals surface area contributed by atoms with Gasteiger partial charge in [-0.2, -0.15) is 0 Å². The summed E-state index contributed by atoms with van der Waals surface area (Å²) in [5, 5.41) is 13.8. The van der Waals surface area contributed by atoms with Gasteiger partial charge in [0.15, 0.2) is 0 Å². The average Bonchev–Trinajstić information content (AvgIpc) is 3.13. The van der Waals surface area contributed by atoms with Gasteiger partial charge in [0.1, 0.15) is 12.6 Å². The molecule has 0 unspecified atom stereocenters. The first-order valence-electron chi connectivity index (χ1n) is 10.3. The van der Waals surface area contributed by atoms with Crippen molar-refractivity contribution in [3.63, 3.8) is 0 Å². The second-order valence-corrected chi connectivity index (χ2v) is 7.29. The van der Waals surface area contributed by atoms with Crippen LogP contribution in [0, 0.1) is 0 Å². The summed E-state index contributed by atoms with van der Waals surface area (Å²) in [5.41, 5.74) is 4.46. The number of esters is 1. The minimum atomic E-state index is -1.41. The van der Waals surface area contributed by atoms with Crippen LogP contribution in [0.3, 0.4) is 0 Å². The molecule has 2 aromatic carbocycles. The number of methoxy groups -OCH3 is 1. The van der Waals surface area contributed by atoms with Crippen molar-refractivity contribution in [2.75, 3.05) is 20.3 Å². The molecule has 1 atom stereocenters. The van der Waals surface area contributed by atoms with Crippen molar-refractivity contribution in [1.29, 1.82) is 0 Å². The van der Waals surface area contributed by atoms with E-state index in [1.807, 2.05) is 48.5 Å². The number of alkyl carbamates (subject to hydrolysis) is 1. The largest absolute Gasteiger partial charge is 0.480 e. The second kappa shape index (κ2) is 10.9. The van der Waals surface area contributed by atoms with Crippen molar-refractivity contribution in [2.24, 2.45) is 0 Å². The number of aliphatic carboxylic acids is 1. The molecule has 172 valence electrons. The first kappa shape index (κ1) is 23.5. The average molecular weight is 452 g/mol. The van der Waals surface area contributed by atoms with Crippen LogP contribution in [0.15, 0.2) is 60.7 Å². The number of carboxylic acids is 1. The number of ether oxygens (including phenoxy) is 2. The molecule has 9 heteroatoms. The maximum atomic E-state index is 12.1. The second-order valence-electron chi connectivity index (χ2n) is 7.29. The van der Waals surface area contributed by atoms with Crippen molar-refractivity contribution < 1.29 is 33.8 Å². The summed E-state index contributed by atoms with van der Waals surface area (Å²) in [6.45, 7) is 0.163. The van der Waals surface area contributed by atoms with Crippen LogP contribution in [0.4, 0.5) is 4.79 Å². The first-order valence-corrected chi connectivity index (χ1v) is 10.3. The lowest BCUT2D eigenvalue weighted by Crippen LogP contribution is -2.41. The Morgan fingerprint density at radius 2 is 1.64 bits per heavy atom. The van der Waals surface area contributed by atoms with E-state index < -0.39 is 36.4 Å². The number of nitrogens with one attached hydrogen (secondary N) is 2. The molecule has 1 aliphatic rings. The summed E-state index contributed by atoms with van der Waals surface area (Å²) < 4.78 is 9.79. The lowest BCUT2D eigenvalue weighted by atomic mass is 9.98. The van der Waals surface area contributed by atoms with E-state index in [-0.39, 0.29) is 19.1 Å². The van der Waals surface area contributed by atoms with Gasteiger partial charge in [-0.25, -0.2) is 9.59 Å². The Morgan fingerprint density at radius 1 is 1.03 bits per heavy atom. The molecule has 3 rings (SSSR count). The third-order valence-corrected chi connectivity index (χ3v) is 5.19. The smallest absolute Gasteiger partial charge is 0.407 e. The topological polar surface area (TPSA) is 131 Å². The molecule has 3 N–H and O–H groups in total. The normalized spacial score (nSPS) is 13.0. The summed E-state index contributed by atoms with van der Waals surface area (Å²) in [6.07, 6.45) is 1.27. The summed E-state index contributed by atoms with van der Waals surface area (Å²) in [7, 11) is 1.12. The highest BCUT2D eigenvalue weighted by atomic mass is 16.5. The zero-order chi connectivity index (χ0) is 23.8. The fourth-order valence-electron chi connectivity index (χ4n) is 3.63. The van der Waals surface area contributed by atoms with E-state index in [0.717, 1.165) is 35.4 Å². The molecular weight excluding hydrogens is 428 g/mol. The van der Waals surface area contributed by atoms with Gasteiger partial charge < -0.3 is 25.2 Å². The minimum Gasteiger partial charge on any atom is -0.480 e. The summed E-state index contributed by atoms with van der Waals surface area (Å²) in [6, 6.07) is 14.6. The SMILES string of the molecule is COC(=O)C[C@H](NC(=O)/C=C/CNC(=O)OCC1c2ccccc2-c2ccccc21)C(=O)O. The lowest BCUT2D eigenvalue weighted by molar-refractivity contribution is -0.148. The van der Waals surface area contributed by atoms with E-state index in [2.05, 4.69) is 15.4 Å². The zero-order valence-corrected chi connectivity index (χ0v) is 17.9. The van der Waals surface area contributed by atoms with Crippen LogP contribution >= 0.6 is 0 Å². The van der Waals surface area contributed by atoms with Gasteiger partial charge in [0, 0.05) is 18.5 Å². The van der Waals surface area contributed by atoms with Crippen LogP contribution in [0.1, 0.15) is 23.5 Å². The lowest BCUT2D eigenvalue weighted by Gasteiger charge is -2.14. The molecule has 2 aromatic rings. The Labute approximate surface area is 190 Å². The molecule has 2 amide bonds. The number of amides is 2. The van der Waals surface area contributed by atoms with Crippen LogP contribution in [0.25, 0.3) is 11.1 Å². The van der Waals surface area contributed by atoms with Crippen LogP contribution in [-0.4, -0.2) is 55.3 Å². The van der Waals surface area contributed by atoms with Crippen LogP contribution in [0.5, 0.6) is 0 Å². The van der Waals surface area contributed by atoms with E-state index in [1.165, 1.54) is 6.08 Å². The first-order chi connectivity index (χ1) is 15.9. The quantitative estimate of drug-likeness (QED) is 0.393. The van der Waals surface area contributed by atoms with Crippen molar-refractivity contribution >= 4 is 23.9 Å². The molecule has 0 aromatic heterocycles. The van der Waals surface area contributed by atoms with Crippen LogP contribution < -0.4 is 10.6 Å². The monoisotopic (exact) mass is 452 g/mol. The van der Waals surface area contributed by atoms with Gasteiger partial charge in [-0.05, 0) is 22.3 Å². The number of rotatable bonds is 9. The Kier molecular flexibility index (Phi) is 7.80. The van der Waals surface area contributed by atoms with E-state index in [9.17, 15) is 19.2 Å². The van der Waals surface area contributed by atoms with Crippen LogP contribution in [0.2, 0.25) is 0 Å². The highest BCUT2D eigenvalue weighted by Gasteiger charge is 2.29. The number of hydrogen-bond donors (Lipinski definition) is 3. The van der Waals surface area contributed by atoms with Gasteiger partial charge in [-0.3, -0.25) is 9.59 Å². The maximum absolute atomic E-state index is 12.1. The highest BCUT2D eigenvalue weighted by Crippen LogP contribution is 2.44. The molecule has 0 aliphatic heterocycles. The predicted octanol–water partition coefficient (Wildman–Crippen LogP) is 2.21. The zero-order valence-electron chi connectivity index (χ0n) is 17.9. The van der Waals surface area contributed by atoms with Crippen molar-refractivity contribution in [1.82, 2.24) is 10.6 Å². The molecule has 0 fully saturated rings. The maximum Gasteiger partial charge on any atom is 0.407 e. The fraction of sp³-hybridized carbons (Fsp3) is 0.250. The Balaban J connectivity index is 1.46. The number of carbonyl (C=O) groups excluding carboxylic acids is 3. The molecule has 1 aliphatic carbocycles. The number of fused-ring (bicyclic) bond motifs is 3. The molecule has 0 saturated heterocycles. The summed E-state index contributed by atoms with van der Waals surface area (Å²) in [4.78, 5) is 46.3. The van der Waals surface area contributed by atoms with Crippen LogP contribution in [-0.2, 0) is 23.9 Å². The minimum absolute atomic E-state index is 0.00116. The van der Waals surface area contributed by atoms with Gasteiger partial charge in [0.2, 0.25) is 5.91 Å². The van der Waals surface area contributed by atoms with E-state index in [1.54, 1.807) is 0 Å². The van der Waals surface area contributed by atoms with E-state index in [0.29, 0.717) is 0 Å². The third kappa shape index (κ3) is 5.97. The van der Waals surface area contributed by atoms with E-state index >= 15 is 0 Å². The Hall–Kier alpha value is -4.14. The Morgan fingerprint density at radius 3 is 2.21 bits per heavy atom. The predicted molar refractivity (Wildman–Crippen MR) is 118 cm³/mol.